The number of dihydropyridines is 1. The van der Waals surface area contributed by atoms with Crippen LogP contribution in [0, 0.1) is 5.82 Å². The minimum Gasteiger partial charge on any atom is -0.484 e. The van der Waals surface area contributed by atoms with E-state index >= 15 is 4.39 Å². The molecular weight excluding hydrogens is 540 g/mol. The average molecular weight is 564 g/mol. The molecule has 6 rings (SSSR count). The number of alkyl halides is 1. The molecule has 3 aliphatic heterocycles. The zero-order chi connectivity index (χ0) is 25.6. The van der Waals surface area contributed by atoms with Gasteiger partial charge in [-0.1, -0.05) is 29.3 Å². The Balaban J connectivity index is 1.29. The zero-order valence-corrected chi connectivity index (χ0v) is 22.0. The average Bonchev–Trinajstić information content (AvgIpc) is 3.50. The smallest absolute Gasteiger partial charge is 0.261 e. The van der Waals surface area contributed by atoms with Crippen LogP contribution in [0.2, 0.25) is 5.02 Å². The lowest BCUT2D eigenvalue weighted by Crippen LogP contribution is -2.58. The van der Waals surface area contributed by atoms with Crippen molar-refractivity contribution in [3.8, 4) is 0 Å². The van der Waals surface area contributed by atoms with Crippen molar-refractivity contribution >= 4 is 45.4 Å². The monoisotopic (exact) mass is 563 g/mol. The predicted octanol–water partition coefficient (Wildman–Crippen LogP) is 3.60. The van der Waals surface area contributed by atoms with Gasteiger partial charge >= 0.3 is 0 Å². The Kier molecular flexibility index (Phi) is 6.62. The normalized spacial score (nSPS) is 25.5. The summed E-state index contributed by atoms with van der Waals surface area (Å²) in [6.45, 7) is 1.88. The third-order valence-corrected chi connectivity index (χ3v) is 8.36. The minimum absolute atomic E-state index is 0.275. The third kappa shape index (κ3) is 4.40. The van der Waals surface area contributed by atoms with Crippen LogP contribution in [0.5, 0.6) is 0 Å². The number of ether oxygens (including phenoxy) is 2. The molecule has 3 aliphatic rings. The fourth-order valence-electron chi connectivity index (χ4n) is 5.08. The number of fused-ring (bicyclic) bond motifs is 3. The predicted molar refractivity (Wildman–Crippen MR) is 139 cm³/mol. The van der Waals surface area contributed by atoms with Crippen molar-refractivity contribution in [2.24, 2.45) is 0 Å². The van der Waals surface area contributed by atoms with E-state index in [2.05, 4.69) is 10.6 Å². The van der Waals surface area contributed by atoms with E-state index in [-0.39, 0.29) is 17.5 Å². The van der Waals surface area contributed by atoms with Crippen LogP contribution in [0.15, 0.2) is 53.9 Å². The maximum Gasteiger partial charge on any atom is 0.261 e. The van der Waals surface area contributed by atoms with E-state index in [1.807, 2.05) is 16.0 Å². The summed E-state index contributed by atoms with van der Waals surface area (Å²) in [6, 6.07) is 3.83. The summed E-state index contributed by atoms with van der Waals surface area (Å²) in [7, 11) is 0. The lowest BCUT2D eigenvalue weighted by atomic mass is 9.95. The highest BCUT2D eigenvalue weighted by atomic mass is 35.5. The fraction of sp³-hybridized carbons (Fsp3) is 0.360. The second-order valence-electron chi connectivity index (χ2n) is 9.00. The van der Waals surface area contributed by atoms with Gasteiger partial charge in [-0.2, -0.15) is 0 Å². The third-order valence-electron chi connectivity index (χ3n) is 6.83. The first-order valence-corrected chi connectivity index (χ1v) is 13.6. The molecule has 3 atom stereocenters. The van der Waals surface area contributed by atoms with Gasteiger partial charge in [0, 0.05) is 48.2 Å². The number of thiazole rings is 1. The van der Waals surface area contributed by atoms with Gasteiger partial charge in [-0.3, -0.25) is 9.20 Å². The molecule has 37 heavy (non-hydrogen) atoms. The van der Waals surface area contributed by atoms with Gasteiger partial charge in [0.05, 0.1) is 18.0 Å². The van der Waals surface area contributed by atoms with Crippen LogP contribution in [-0.4, -0.2) is 64.1 Å². The molecule has 1 saturated heterocycles. The van der Waals surface area contributed by atoms with E-state index in [0.717, 1.165) is 22.9 Å². The molecule has 0 aliphatic carbocycles. The standard InChI is InChI=1S/C25H24Cl2FN5O3S/c26-15-3-4-16(17(28)12-15)22-23-18(31-24-33(23)9-11-37-24)5-8-32(22)21(34)14-36-19-2-1-6-30-25(19,27)20-13-29-7-10-35-20/h1-4,6,9,11-12,20,22,29-30H,5,7-8,10,13-14H2. The molecule has 1 aromatic carbocycles. The van der Waals surface area contributed by atoms with Crippen molar-refractivity contribution in [1.82, 2.24) is 24.9 Å². The summed E-state index contributed by atoms with van der Waals surface area (Å²) in [6.07, 6.45) is 7.25. The van der Waals surface area contributed by atoms with Gasteiger partial charge in [-0.15, -0.1) is 11.3 Å². The van der Waals surface area contributed by atoms with Crippen molar-refractivity contribution < 1.29 is 18.7 Å². The number of carbonyl (C=O) groups is 1. The number of hydrogen-bond acceptors (Lipinski definition) is 7. The first-order chi connectivity index (χ1) is 18.0. The number of hydrogen-bond donors (Lipinski definition) is 2. The number of nitrogens with one attached hydrogen (secondary N) is 2. The van der Waals surface area contributed by atoms with Gasteiger partial charge in [-0.05, 0) is 30.5 Å². The van der Waals surface area contributed by atoms with Crippen LogP contribution < -0.4 is 10.6 Å². The van der Waals surface area contributed by atoms with Crippen molar-refractivity contribution in [3.63, 3.8) is 0 Å². The van der Waals surface area contributed by atoms with Crippen LogP contribution >= 0.6 is 34.5 Å². The molecule has 194 valence electrons. The number of amides is 1. The molecule has 3 unspecified atom stereocenters. The summed E-state index contributed by atoms with van der Waals surface area (Å²) < 4.78 is 29.1. The highest BCUT2D eigenvalue weighted by Crippen LogP contribution is 2.39. The quantitative estimate of drug-likeness (QED) is 0.364. The van der Waals surface area contributed by atoms with E-state index < -0.39 is 23.0 Å². The number of halogens is 3. The summed E-state index contributed by atoms with van der Waals surface area (Å²) in [4.78, 5) is 19.7. The molecule has 0 spiro atoms. The maximum absolute atomic E-state index is 15.2. The SMILES string of the molecule is O=C(COC1=CC=CNC1(Cl)C1CNCCO1)N1CCc2nc3sccn3c2C1c1ccc(Cl)cc1F. The van der Waals surface area contributed by atoms with Crippen molar-refractivity contribution in [1.29, 1.82) is 0 Å². The van der Waals surface area contributed by atoms with Gasteiger partial charge in [-0.25, -0.2) is 9.37 Å². The molecule has 0 saturated carbocycles. The number of carbonyl (C=O) groups excluding carboxylic acids is 1. The first-order valence-electron chi connectivity index (χ1n) is 11.9. The maximum atomic E-state index is 15.2. The molecule has 5 heterocycles. The minimum atomic E-state index is -1.16. The van der Waals surface area contributed by atoms with Gasteiger partial charge < -0.3 is 25.0 Å². The highest BCUT2D eigenvalue weighted by molar-refractivity contribution is 7.15. The van der Waals surface area contributed by atoms with Crippen LogP contribution in [0.1, 0.15) is 23.0 Å². The fourth-order valence-corrected chi connectivity index (χ4v) is 6.30. The molecule has 3 aromatic rings. The molecule has 1 fully saturated rings. The Morgan fingerprint density at radius 1 is 1.41 bits per heavy atom. The Morgan fingerprint density at radius 2 is 2.30 bits per heavy atom. The second kappa shape index (κ2) is 9.92. The van der Waals surface area contributed by atoms with Crippen molar-refractivity contribution in [2.45, 2.75) is 23.6 Å². The summed E-state index contributed by atoms with van der Waals surface area (Å²) >= 11 is 14.5. The van der Waals surface area contributed by atoms with Gasteiger partial charge in [0.1, 0.15) is 23.7 Å². The number of allylic oxidation sites excluding steroid dienone is 2. The lowest BCUT2D eigenvalue weighted by Gasteiger charge is -2.40. The number of morpholine rings is 1. The van der Waals surface area contributed by atoms with E-state index in [0.29, 0.717) is 37.4 Å². The summed E-state index contributed by atoms with van der Waals surface area (Å²) in [5.41, 5.74) is 1.97. The number of nitrogens with zero attached hydrogens (tertiary/aromatic N) is 3. The number of rotatable bonds is 5. The lowest BCUT2D eigenvalue weighted by molar-refractivity contribution is -0.137. The van der Waals surface area contributed by atoms with Crippen molar-refractivity contribution in [3.05, 3.63) is 81.7 Å². The summed E-state index contributed by atoms with van der Waals surface area (Å²) in [5, 5.41) is 8.59. The molecule has 0 bridgehead atoms. The van der Waals surface area contributed by atoms with Gasteiger partial charge in [0.15, 0.2) is 16.6 Å². The first kappa shape index (κ1) is 24.7. The molecule has 12 heteroatoms. The Hall–Kier alpha value is -2.63. The van der Waals surface area contributed by atoms with Crippen LogP contribution in [0.4, 0.5) is 4.39 Å². The Morgan fingerprint density at radius 3 is 3.11 bits per heavy atom. The Labute approximate surface area is 226 Å². The molecule has 0 radical (unpaired) electrons. The number of imidazole rings is 1. The van der Waals surface area contributed by atoms with Crippen LogP contribution in [0.25, 0.3) is 4.96 Å². The topological polar surface area (TPSA) is 80.1 Å². The largest absolute Gasteiger partial charge is 0.484 e. The molecular formula is C25H24Cl2FN5O3S. The zero-order valence-electron chi connectivity index (χ0n) is 19.6. The van der Waals surface area contributed by atoms with E-state index in [1.165, 1.54) is 17.4 Å². The molecule has 8 nitrogen and oxygen atoms in total. The van der Waals surface area contributed by atoms with Gasteiger partial charge in [0.2, 0.25) is 0 Å². The van der Waals surface area contributed by atoms with E-state index in [4.69, 9.17) is 37.7 Å². The van der Waals surface area contributed by atoms with Gasteiger partial charge in [0.25, 0.3) is 5.91 Å². The molecule has 2 N–H and O–H groups in total. The Bertz CT molecular complexity index is 1400. The summed E-state index contributed by atoms with van der Waals surface area (Å²) in [5.74, 6) is -0.400. The van der Waals surface area contributed by atoms with Crippen LogP contribution in [-0.2, 0) is 20.7 Å². The number of aromatic nitrogens is 2. The highest BCUT2D eigenvalue weighted by Gasteiger charge is 2.45. The number of benzene rings is 1. The second-order valence-corrected chi connectivity index (χ2v) is 10.9. The van der Waals surface area contributed by atoms with E-state index in [1.54, 1.807) is 35.4 Å². The molecule has 2 aromatic heterocycles. The van der Waals surface area contributed by atoms with Crippen LogP contribution in [0.3, 0.4) is 0 Å². The van der Waals surface area contributed by atoms with E-state index in [9.17, 15) is 4.79 Å². The molecule has 1 amide bonds. The van der Waals surface area contributed by atoms with Crippen molar-refractivity contribution in [2.75, 3.05) is 32.8 Å².